The summed E-state index contributed by atoms with van der Waals surface area (Å²) in [6.45, 7) is 4.14. The van der Waals surface area contributed by atoms with Gasteiger partial charge in [0.1, 0.15) is 6.04 Å². The third-order valence-corrected chi connectivity index (χ3v) is 6.03. The summed E-state index contributed by atoms with van der Waals surface area (Å²) in [6.07, 6.45) is 1.53. The highest BCUT2D eigenvalue weighted by molar-refractivity contribution is 7.88. The lowest BCUT2D eigenvalue weighted by Crippen LogP contribution is -2.50. The number of hydrogen-bond donors (Lipinski definition) is 1. The number of rotatable bonds is 3. The van der Waals surface area contributed by atoms with Crippen LogP contribution in [0.3, 0.4) is 0 Å². The minimum Gasteiger partial charge on any atom is -0.324 e. The van der Waals surface area contributed by atoms with Crippen LogP contribution < -0.4 is 5.32 Å². The summed E-state index contributed by atoms with van der Waals surface area (Å²) in [4.78, 5) is 12.9. The molecule has 6 heteroatoms. The topological polar surface area (TPSA) is 66.5 Å². The first kappa shape index (κ1) is 17.6. The second-order valence-corrected chi connectivity index (χ2v) is 8.47. The molecule has 25 heavy (non-hydrogen) atoms. The first-order valence-electron chi connectivity index (χ1n) is 8.18. The number of sulfonamides is 1. The Kier molecular flexibility index (Phi) is 4.67. The zero-order valence-corrected chi connectivity index (χ0v) is 15.4. The molecule has 1 aliphatic heterocycles. The van der Waals surface area contributed by atoms with Crippen molar-refractivity contribution in [3.63, 3.8) is 0 Å². The summed E-state index contributed by atoms with van der Waals surface area (Å²) < 4.78 is 25.7. The summed E-state index contributed by atoms with van der Waals surface area (Å²) >= 11 is 0. The predicted molar refractivity (Wildman–Crippen MR) is 98.9 cm³/mol. The Hall–Kier alpha value is -2.18. The molecule has 1 aliphatic rings. The normalized spacial score (nSPS) is 17.8. The average Bonchev–Trinajstić information content (AvgIpc) is 2.57. The number of carbonyl (C=O) groups is 1. The van der Waals surface area contributed by atoms with Gasteiger partial charge in [-0.25, -0.2) is 8.42 Å². The van der Waals surface area contributed by atoms with E-state index in [1.165, 1.54) is 4.31 Å². The Morgan fingerprint density at radius 1 is 1.08 bits per heavy atom. The van der Waals surface area contributed by atoms with Crippen LogP contribution in [0.5, 0.6) is 0 Å². The minimum atomic E-state index is -3.50. The van der Waals surface area contributed by atoms with E-state index in [2.05, 4.69) is 5.32 Å². The molecule has 132 valence electrons. The fourth-order valence-corrected chi connectivity index (χ4v) is 4.18. The minimum absolute atomic E-state index is 0.222. The van der Waals surface area contributed by atoms with Gasteiger partial charge in [-0.05, 0) is 48.6 Å². The maximum Gasteiger partial charge on any atom is 0.243 e. The Balaban J connectivity index is 1.93. The zero-order chi connectivity index (χ0) is 18.2. The number of nitrogens with zero attached hydrogens (tertiary/aromatic N) is 1. The Morgan fingerprint density at radius 3 is 2.44 bits per heavy atom. The summed E-state index contributed by atoms with van der Waals surface area (Å²) in [5.41, 5.74) is 4.74. The number of nitrogens with one attached hydrogen (secondary N) is 1. The maximum absolute atomic E-state index is 12.9. The highest BCUT2D eigenvalue weighted by Crippen LogP contribution is 2.27. The lowest BCUT2D eigenvalue weighted by atomic mass is 9.95. The van der Waals surface area contributed by atoms with Gasteiger partial charge in [-0.3, -0.25) is 4.79 Å². The van der Waals surface area contributed by atoms with Crippen molar-refractivity contribution in [3.8, 4) is 0 Å². The summed E-state index contributed by atoms with van der Waals surface area (Å²) in [5, 5.41) is 2.91. The van der Waals surface area contributed by atoms with E-state index in [9.17, 15) is 13.2 Å². The molecule has 5 nitrogen and oxygen atoms in total. The molecule has 0 radical (unpaired) electrons. The van der Waals surface area contributed by atoms with Crippen LogP contribution >= 0.6 is 0 Å². The van der Waals surface area contributed by atoms with Crippen molar-refractivity contribution in [2.45, 2.75) is 32.9 Å². The molecule has 2 aromatic carbocycles. The van der Waals surface area contributed by atoms with E-state index in [0.29, 0.717) is 6.42 Å². The summed E-state index contributed by atoms with van der Waals surface area (Å²) in [6, 6.07) is 12.6. The first-order valence-corrected chi connectivity index (χ1v) is 10.0. The molecule has 1 atom stereocenters. The standard InChI is InChI=1S/C19H22N2O3S/c1-13-7-6-10-17(14(13)2)20-19(22)18-11-15-8-4-5-9-16(15)12-21(18)25(3,23)24/h4-10,18H,11-12H2,1-3H3,(H,20,22)/t18-/m0/s1. The number of anilines is 1. The molecule has 0 fully saturated rings. The van der Waals surface area contributed by atoms with Crippen molar-refractivity contribution < 1.29 is 13.2 Å². The zero-order valence-electron chi connectivity index (χ0n) is 14.6. The number of amides is 1. The fraction of sp³-hybridized carbons (Fsp3) is 0.316. The van der Waals surface area contributed by atoms with Gasteiger partial charge in [-0.15, -0.1) is 0 Å². The molecule has 2 aromatic rings. The van der Waals surface area contributed by atoms with E-state index in [1.807, 2.05) is 56.3 Å². The van der Waals surface area contributed by atoms with E-state index >= 15 is 0 Å². The monoisotopic (exact) mass is 358 g/mol. The second kappa shape index (κ2) is 6.61. The van der Waals surface area contributed by atoms with Gasteiger partial charge in [-0.1, -0.05) is 36.4 Å². The van der Waals surface area contributed by atoms with E-state index in [4.69, 9.17) is 0 Å². The molecule has 0 aliphatic carbocycles. The lowest BCUT2D eigenvalue weighted by Gasteiger charge is -2.34. The highest BCUT2D eigenvalue weighted by atomic mass is 32.2. The van der Waals surface area contributed by atoms with Crippen LogP contribution in [0.4, 0.5) is 5.69 Å². The van der Waals surface area contributed by atoms with Gasteiger partial charge in [-0.2, -0.15) is 4.31 Å². The SMILES string of the molecule is Cc1cccc(NC(=O)[C@@H]2Cc3ccccc3CN2S(C)(=O)=O)c1C. The van der Waals surface area contributed by atoms with Gasteiger partial charge in [0.25, 0.3) is 0 Å². The molecule has 3 rings (SSSR count). The molecule has 1 N–H and O–H groups in total. The molecule has 0 bridgehead atoms. The molecule has 1 heterocycles. The van der Waals surface area contributed by atoms with Crippen LogP contribution in [0, 0.1) is 13.8 Å². The molecule has 0 aromatic heterocycles. The quantitative estimate of drug-likeness (QED) is 0.917. The first-order chi connectivity index (χ1) is 11.8. The van der Waals surface area contributed by atoms with Gasteiger partial charge in [0.2, 0.25) is 15.9 Å². The van der Waals surface area contributed by atoms with Gasteiger partial charge >= 0.3 is 0 Å². The molecule has 0 saturated heterocycles. The van der Waals surface area contributed by atoms with Gasteiger partial charge in [0, 0.05) is 12.2 Å². The number of carbonyl (C=O) groups excluding carboxylic acids is 1. The number of benzene rings is 2. The molecular weight excluding hydrogens is 336 g/mol. The van der Waals surface area contributed by atoms with Crippen molar-refractivity contribution in [1.82, 2.24) is 4.31 Å². The number of fused-ring (bicyclic) bond motifs is 1. The van der Waals surface area contributed by atoms with Crippen molar-refractivity contribution in [1.29, 1.82) is 0 Å². The van der Waals surface area contributed by atoms with Crippen molar-refractivity contribution >= 4 is 21.6 Å². The maximum atomic E-state index is 12.9. The fourth-order valence-electron chi connectivity index (χ4n) is 3.17. The van der Waals surface area contributed by atoms with Crippen LogP contribution in [0.25, 0.3) is 0 Å². The Morgan fingerprint density at radius 2 is 1.76 bits per heavy atom. The lowest BCUT2D eigenvalue weighted by molar-refractivity contribution is -0.120. The Labute approximate surface area is 148 Å². The number of aryl methyl sites for hydroxylation is 1. The molecule has 1 amide bonds. The average molecular weight is 358 g/mol. The third kappa shape index (κ3) is 3.60. The predicted octanol–water partition coefficient (Wildman–Crippen LogP) is 2.63. The van der Waals surface area contributed by atoms with Crippen LogP contribution in [-0.4, -0.2) is 30.9 Å². The van der Waals surface area contributed by atoms with E-state index in [0.717, 1.165) is 34.2 Å². The Bertz CT molecular complexity index is 922. The highest BCUT2D eigenvalue weighted by Gasteiger charge is 2.36. The summed E-state index contributed by atoms with van der Waals surface area (Å²) in [7, 11) is -3.50. The largest absolute Gasteiger partial charge is 0.324 e. The second-order valence-electron chi connectivity index (χ2n) is 6.53. The van der Waals surface area contributed by atoms with Crippen LogP contribution in [0.2, 0.25) is 0 Å². The molecule has 0 unspecified atom stereocenters. The van der Waals surface area contributed by atoms with Gasteiger partial charge in [0.05, 0.1) is 6.26 Å². The van der Waals surface area contributed by atoms with Gasteiger partial charge in [0.15, 0.2) is 0 Å². The molecule has 0 spiro atoms. The third-order valence-electron chi connectivity index (χ3n) is 4.80. The van der Waals surface area contributed by atoms with Crippen LogP contribution in [0.15, 0.2) is 42.5 Å². The summed E-state index contributed by atoms with van der Waals surface area (Å²) in [5.74, 6) is -0.298. The van der Waals surface area contributed by atoms with Crippen molar-refractivity contribution in [2.75, 3.05) is 11.6 Å². The van der Waals surface area contributed by atoms with Crippen LogP contribution in [0.1, 0.15) is 22.3 Å². The smallest absolute Gasteiger partial charge is 0.243 e. The van der Waals surface area contributed by atoms with Gasteiger partial charge < -0.3 is 5.32 Å². The molecular formula is C19H22N2O3S. The van der Waals surface area contributed by atoms with Crippen molar-refractivity contribution in [2.24, 2.45) is 0 Å². The van der Waals surface area contributed by atoms with E-state index in [1.54, 1.807) is 0 Å². The molecule has 0 saturated carbocycles. The van der Waals surface area contributed by atoms with Crippen molar-refractivity contribution in [3.05, 3.63) is 64.7 Å². The van der Waals surface area contributed by atoms with Crippen LogP contribution in [-0.2, 0) is 27.8 Å². The van der Waals surface area contributed by atoms with E-state index in [-0.39, 0.29) is 12.5 Å². The van der Waals surface area contributed by atoms with E-state index < -0.39 is 16.1 Å². The number of hydrogen-bond acceptors (Lipinski definition) is 3.